The van der Waals surface area contributed by atoms with Gasteiger partial charge in [-0.1, -0.05) is 30.3 Å². The van der Waals surface area contributed by atoms with Crippen LogP contribution in [0.25, 0.3) is 0 Å². The number of hydrogen-bond acceptors (Lipinski definition) is 4. The van der Waals surface area contributed by atoms with Gasteiger partial charge in [-0.15, -0.1) is 0 Å². The highest BCUT2D eigenvalue weighted by atomic mass is 16.5. The first-order chi connectivity index (χ1) is 16.5. The first-order valence-corrected chi connectivity index (χ1v) is 11.1. The Balaban J connectivity index is 1.43. The molecule has 4 N–H and O–H groups in total. The number of carbonyl (C=O) groups excluding carboxylic acids is 3. The Labute approximate surface area is 197 Å². The molecule has 8 heteroatoms. The number of amides is 4. The summed E-state index contributed by atoms with van der Waals surface area (Å²) in [4.78, 5) is 38.0. The minimum Gasteiger partial charge on any atom is -0.457 e. The third-order valence-corrected chi connectivity index (χ3v) is 5.48. The monoisotopic (exact) mass is 458 g/mol. The van der Waals surface area contributed by atoms with Gasteiger partial charge in [-0.3, -0.25) is 9.59 Å². The molecular formula is C26H26N4O4. The van der Waals surface area contributed by atoms with E-state index >= 15 is 0 Å². The molecule has 34 heavy (non-hydrogen) atoms. The molecular weight excluding hydrogens is 432 g/mol. The molecule has 174 valence electrons. The normalized spacial score (nSPS) is 13.9. The van der Waals surface area contributed by atoms with Crippen molar-refractivity contribution in [2.24, 2.45) is 5.73 Å². The number of primary amides is 1. The second-order valence-corrected chi connectivity index (χ2v) is 8.00. The van der Waals surface area contributed by atoms with Crippen molar-refractivity contribution in [3.8, 4) is 11.5 Å². The quantitative estimate of drug-likeness (QED) is 0.466. The molecule has 3 aromatic rings. The molecule has 4 amide bonds. The zero-order valence-corrected chi connectivity index (χ0v) is 18.6. The van der Waals surface area contributed by atoms with Gasteiger partial charge in [0.2, 0.25) is 11.8 Å². The maximum Gasteiger partial charge on any atom is 0.312 e. The van der Waals surface area contributed by atoms with Crippen LogP contribution < -0.4 is 26.0 Å². The van der Waals surface area contributed by atoms with Crippen molar-refractivity contribution < 1.29 is 19.1 Å². The van der Waals surface area contributed by atoms with Gasteiger partial charge in [-0.25, -0.2) is 4.79 Å². The Hall–Kier alpha value is -4.33. The van der Waals surface area contributed by atoms with E-state index in [1.807, 2.05) is 42.5 Å². The largest absolute Gasteiger partial charge is 0.457 e. The van der Waals surface area contributed by atoms with Crippen LogP contribution in [0.5, 0.6) is 11.5 Å². The van der Waals surface area contributed by atoms with Crippen molar-refractivity contribution in [2.45, 2.75) is 25.3 Å². The van der Waals surface area contributed by atoms with Gasteiger partial charge in [0.1, 0.15) is 11.5 Å². The SMILES string of the molecule is NC(=O)N[C@@H](CC(=O)Nc1ccc(N2CCCC2=O)cc1)c1cccc(Oc2ccccc2)c1. The molecule has 3 aromatic carbocycles. The fourth-order valence-electron chi connectivity index (χ4n) is 3.89. The Morgan fingerprint density at radius 1 is 0.971 bits per heavy atom. The number of para-hydroxylation sites is 1. The molecule has 0 spiro atoms. The lowest BCUT2D eigenvalue weighted by Crippen LogP contribution is -2.35. The fraction of sp³-hybridized carbons (Fsp3) is 0.192. The van der Waals surface area contributed by atoms with Crippen LogP contribution in [-0.4, -0.2) is 24.4 Å². The number of carbonyl (C=O) groups is 3. The highest BCUT2D eigenvalue weighted by Crippen LogP contribution is 2.27. The second-order valence-electron chi connectivity index (χ2n) is 8.00. The summed E-state index contributed by atoms with van der Waals surface area (Å²) in [7, 11) is 0. The van der Waals surface area contributed by atoms with Crippen LogP contribution in [0.2, 0.25) is 0 Å². The van der Waals surface area contributed by atoms with E-state index in [1.165, 1.54) is 0 Å². The van der Waals surface area contributed by atoms with E-state index < -0.39 is 12.1 Å². The van der Waals surface area contributed by atoms with Crippen molar-refractivity contribution in [2.75, 3.05) is 16.8 Å². The first-order valence-electron chi connectivity index (χ1n) is 11.1. The van der Waals surface area contributed by atoms with Crippen LogP contribution in [-0.2, 0) is 9.59 Å². The molecule has 4 rings (SSSR count). The molecule has 1 aliphatic rings. The van der Waals surface area contributed by atoms with E-state index in [9.17, 15) is 14.4 Å². The molecule has 1 heterocycles. The van der Waals surface area contributed by atoms with E-state index in [1.54, 1.807) is 41.3 Å². The maximum atomic E-state index is 12.7. The van der Waals surface area contributed by atoms with Gasteiger partial charge in [0.05, 0.1) is 12.5 Å². The van der Waals surface area contributed by atoms with Crippen molar-refractivity contribution in [1.29, 1.82) is 0 Å². The van der Waals surface area contributed by atoms with E-state index in [2.05, 4.69) is 10.6 Å². The minimum absolute atomic E-state index is 0.0237. The predicted octanol–water partition coefficient (Wildman–Crippen LogP) is 4.34. The standard InChI is InChI=1S/C26H26N4O4/c27-26(33)29-23(18-6-4-9-22(16-18)34-21-7-2-1-3-8-21)17-24(31)28-19-11-13-20(14-12-19)30-15-5-10-25(30)32/h1-4,6-9,11-14,16,23H,5,10,15,17H2,(H,28,31)(H3,27,29,33)/t23-/m0/s1. The van der Waals surface area contributed by atoms with Gasteiger partial charge in [0.15, 0.2) is 0 Å². The van der Waals surface area contributed by atoms with Crippen LogP contribution in [0.15, 0.2) is 78.9 Å². The summed E-state index contributed by atoms with van der Waals surface area (Å²) in [5.41, 5.74) is 7.45. The summed E-state index contributed by atoms with van der Waals surface area (Å²) in [6, 6.07) is 22.2. The summed E-state index contributed by atoms with van der Waals surface area (Å²) in [6.45, 7) is 0.706. The smallest absolute Gasteiger partial charge is 0.312 e. The number of benzene rings is 3. The lowest BCUT2D eigenvalue weighted by atomic mass is 10.0. The molecule has 1 aliphatic heterocycles. The number of nitrogens with zero attached hydrogens (tertiary/aromatic N) is 1. The third kappa shape index (κ3) is 5.92. The van der Waals surface area contributed by atoms with Crippen LogP contribution in [0.1, 0.15) is 30.9 Å². The van der Waals surface area contributed by atoms with Gasteiger partial charge in [0, 0.05) is 24.3 Å². The average molecular weight is 459 g/mol. The molecule has 0 aromatic heterocycles. The van der Waals surface area contributed by atoms with E-state index in [-0.39, 0.29) is 18.2 Å². The zero-order valence-electron chi connectivity index (χ0n) is 18.6. The zero-order chi connectivity index (χ0) is 23.9. The van der Waals surface area contributed by atoms with Gasteiger partial charge in [0.25, 0.3) is 0 Å². The Morgan fingerprint density at radius 3 is 2.38 bits per heavy atom. The van der Waals surface area contributed by atoms with Gasteiger partial charge in [-0.2, -0.15) is 0 Å². The second kappa shape index (κ2) is 10.5. The molecule has 1 fully saturated rings. The van der Waals surface area contributed by atoms with Crippen LogP contribution >= 0.6 is 0 Å². The fourth-order valence-corrected chi connectivity index (χ4v) is 3.89. The van der Waals surface area contributed by atoms with E-state index in [0.717, 1.165) is 12.1 Å². The number of hydrogen-bond donors (Lipinski definition) is 3. The van der Waals surface area contributed by atoms with Crippen LogP contribution in [0, 0.1) is 0 Å². The number of ether oxygens (including phenoxy) is 1. The summed E-state index contributed by atoms with van der Waals surface area (Å²) in [6.07, 6.45) is 1.39. The van der Waals surface area contributed by atoms with E-state index in [0.29, 0.717) is 35.7 Å². The minimum atomic E-state index is -0.730. The topological polar surface area (TPSA) is 114 Å². The number of urea groups is 1. The van der Waals surface area contributed by atoms with Crippen molar-refractivity contribution in [3.05, 3.63) is 84.4 Å². The Kier molecular flexibility index (Phi) is 7.07. The number of nitrogens with one attached hydrogen (secondary N) is 2. The summed E-state index contributed by atoms with van der Waals surface area (Å²) in [5, 5.41) is 5.47. The molecule has 0 aliphatic carbocycles. The highest BCUT2D eigenvalue weighted by Gasteiger charge is 2.22. The molecule has 0 saturated carbocycles. The molecule has 8 nitrogen and oxygen atoms in total. The average Bonchev–Trinajstić information content (AvgIpc) is 3.25. The lowest BCUT2D eigenvalue weighted by Gasteiger charge is -2.19. The Bertz CT molecular complexity index is 1160. The lowest BCUT2D eigenvalue weighted by molar-refractivity contribution is -0.117. The summed E-state index contributed by atoms with van der Waals surface area (Å²) in [5.74, 6) is 1.07. The first kappa shape index (κ1) is 22.8. The molecule has 1 atom stereocenters. The summed E-state index contributed by atoms with van der Waals surface area (Å²) >= 11 is 0. The predicted molar refractivity (Wildman–Crippen MR) is 130 cm³/mol. The van der Waals surface area contributed by atoms with Crippen LogP contribution in [0.4, 0.5) is 16.2 Å². The highest BCUT2D eigenvalue weighted by molar-refractivity contribution is 5.96. The third-order valence-electron chi connectivity index (χ3n) is 5.48. The maximum absolute atomic E-state index is 12.7. The number of anilines is 2. The number of nitrogens with two attached hydrogens (primary N) is 1. The van der Waals surface area contributed by atoms with Gasteiger partial charge in [-0.05, 0) is 60.5 Å². The molecule has 1 saturated heterocycles. The number of rotatable bonds is 8. The molecule has 0 bridgehead atoms. The molecule has 0 unspecified atom stereocenters. The summed E-state index contributed by atoms with van der Waals surface area (Å²) < 4.78 is 5.86. The van der Waals surface area contributed by atoms with E-state index in [4.69, 9.17) is 10.5 Å². The van der Waals surface area contributed by atoms with Gasteiger partial charge < -0.3 is 26.0 Å². The van der Waals surface area contributed by atoms with Crippen molar-refractivity contribution >= 4 is 29.2 Å². The molecule has 0 radical (unpaired) electrons. The van der Waals surface area contributed by atoms with Gasteiger partial charge >= 0.3 is 6.03 Å². The van der Waals surface area contributed by atoms with Crippen molar-refractivity contribution in [1.82, 2.24) is 5.32 Å². The van der Waals surface area contributed by atoms with Crippen LogP contribution in [0.3, 0.4) is 0 Å². The Morgan fingerprint density at radius 2 is 1.71 bits per heavy atom. The van der Waals surface area contributed by atoms with Crippen molar-refractivity contribution in [3.63, 3.8) is 0 Å².